The largest absolute Gasteiger partial charge is 0.368 e. The third-order valence-electron chi connectivity index (χ3n) is 6.44. The predicted molar refractivity (Wildman–Crippen MR) is 114 cm³/mol. The highest BCUT2D eigenvalue weighted by Crippen LogP contribution is 2.45. The van der Waals surface area contributed by atoms with Crippen LogP contribution in [0.2, 0.25) is 0 Å². The molecule has 1 aliphatic carbocycles. The average Bonchev–Trinajstić information content (AvgIpc) is 3.13. The molecule has 9 heteroatoms. The lowest BCUT2D eigenvalue weighted by Crippen LogP contribution is -2.56. The van der Waals surface area contributed by atoms with Crippen LogP contribution in [0.15, 0.2) is 24.3 Å². The first-order chi connectivity index (χ1) is 12.6. The molecule has 0 bridgehead atoms. The Morgan fingerprint density at radius 3 is 2.64 bits per heavy atom. The fourth-order valence-electron chi connectivity index (χ4n) is 4.95. The smallest absolute Gasteiger partial charge is 0.271 e. The second kappa shape index (κ2) is 9.29. The Hall–Kier alpha value is -1.57. The van der Waals surface area contributed by atoms with Gasteiger partial charge < -0.3 is 15.1 Å². The lowest BCUT2D eigenvalue weighted by atomic mass is 9.67. The van der Waals surface area contributed by atoms with Crippen LogP contribution in [0.5, 0.6) is 0 Å². The number of nitrogens with one attached hydrogen (secondary N) is 1. The summed E-state index contributed by atoms with van der Waals surface area (Å²) in [5, 5.41) is 14.4. The zero-order chi connectivity index (χ0) is 18.1. The summed E-state index contributed by atoms with van der Waals surface area (Å²) < 4.78 is 0. The number of halogens is 2. The number of amides is 1. The zero-order valence-corrected chi connectivity index (χ0v) is 17.5. The van der Waals surface area contributed by atoms with Crippen LogP contribution in [0.1, 0.15) is 25.7 Å². The molecular formula is C19H28Cl2N4O3. The standard InChI is InChI=1S/C19H26N4O3.2ClH/c24-18(19-7-2-1-4-15(19)13-20-14-19)22-10-8-21(9-11-22)16-5-3-6-17(12-16)23(25)26;;/h3,5-6,12,15,20H,1-2,4,7-11,13-14H2;2*1H/t15-,19+;;/m0../s1. The van der Waals surface area contributed by atoms with Gasteiger partial charge in [0, 0.05) is 50.5 Å². The molecule has 2 atom stereocenters. The Morgan fingerprint density at radius 1 is 1.18 bits per heavy atom. The maximum Gasteiger partial charge on any atom is 0.271 e. The van der Waals surface area contributed by atoms with Crippen molar-refractivity contribution in [2.75, 3.05) is 44.2 Å². The van der Waals surface area contributed by atoms with Gasteiger partial charge in [0.2, 0.25) is 5.91 Å². The number of nitro groups is 1. The van der Waals surface area contributed by atoms with Crippen molar-refractivity contribution in [3.8, 4) is 0 Å². The Balaban J connectivity index is 0.00000140. The third-order valence-corrected chi connectivity index (χ3v) is 6.44. The van der Waals surface area contributed by atoms with Crippen LogP contribution in [0.3, 0.4) is 0 Å². The van der Waals surface area contributed by atoms with E-state index in [1.165, 1.54) is 12.5 Å². The minimum Gasteiger partial charge on any atom is -0.368 e. The monoisotopic (exact) mass is 430 g/mol. The topological polar surface area (TPSA) is 78.7 Å². The molecular weight excluding hydrogens is 403 g/mol. The van der Waals surface area contributed by atoms with Gasteiger partial charge in [-0.3, -0.25) is 14.9 Å². The predicted octanol–water partition coefficient (Wildman–Crippen LogP) is 2.87. The molecule has 0 aromatic heterocycles. The molecule has 4 rings (SSSR count). The van der Waals surface area contributed by atoms with Gasteiger partial charge in [-0.2, -0.15) is 0 Å². The first-order valence-corrected chi connectivity index (χ1v) is 9.60. The number of hydrogen-bond acceptors (Lipinski definition) is 5. The van der Waals surface area contributed by atoms with E-state index in [9.17, 15) is 14.9 Å². The van der Waals surface area contributed by atoms with Gasteiger partial charge in [0.1, 0.15) is 0 Å². The van der Waals surface area contributed by atoms with E-state index in [4.69, 9.17) is 0 Å². The molecule has 1 N–H and O–H groups in total. The van der Waals surface area contributed by atoms with Gasteiger partial charge in [0.25, 0.3) is 5.69 Å². The van der Waals surface area contributed by atoms with Crippen LogP contribution in [0, 0.1) is 21.4 Å². The van der Waals surface area contributed by atoms with Crippen molar-refractivity contribution in [1.29, 1.82) is 0 Å². The number of non-ortho nitro benzene ring substituents is 1. The van der Waals surface area contributed by atoms with E-state index >= 15 is 0 Å². The molecule has 1 aromatic rings. The third kappa shape index (κ3) is 4.07. The van der Waals surface area contributed by atoms with E-state index in [0.717, 1.165) is 51.1 Å². The molecule has 2 aliphatic heterocycles. The van der Waals surface area contributed by atoms with Crippen molar-refractivity contribution in [3.05, 3.63) is 34.4 Å². The zero-order valence-electron chi connectivity index (χ0n) is 15.8. The molecule has 156 valence electrons. The number of hydrogen-bond donors (Lipinski definition) is 1. The molecule has 3 aliphatic rings. The van der Waals surface area contributed by atoms with Crippen LogP contribution in [-0.4, -0.2) is 55.0 Å². The first-order valence-electron chi connectivity index (χ1n) is 9.60. The molecule has 1 saturated carbocycles. The summed E-state index contributed by atoms with van der Waals surface area (Å²) in [7, 11) is 0. The summed E-state index contributed by atoms with van der Waals surface area (Å²) in [6.45, 7) is 4.62. The van der Waals surface area contributed by atoms with E-state index in [1.807, 2.05) is 11.0 Å². The van der Waals surface area contributed by atoms with Gasteiger partial charge >= 0.3 is 0 Å². The number of nitro benzene ring substituents is 1. The van der Waals surface area contributed by atoms with Crippen molar-refractivity contribution in [2.24, 2.45) is 11.3 Å². The lowest BCUT2D eigenvalue weighted by Gasteiger charge is -2.44. The number of anilines is 1. The molecule has 7 nitrogen and oxygen atoms in total. The van der Waals surface area contributed by atoms with E-state index in [2.05, 4.69) is 10.2 Å². The Bertz CT molecular complexity index is 712. The molecule has 0 spiro atoms. The Morgan fingerprint density at radius 2 is 1.93 bits per heavy atom. The molecule has 28 heavy (non-hydrogen) atoms. The molecule has 1 aromatic carbocycles. The number of carbonyl (C=O) groups is 1. The summed E-state index contributed by atoms with van der Waals surface area (Å²) in [5.41, 5.74) is 0.788. The van der Waals surface area contributed by atoms with Crippen LogP contribution in [-0.2, 0) is 4.79 Å². The molecule has 2 saturated heterocycles. The lowest BCUT2D eigenvalue weighted by molar-refractivity contribution is -0.384. The van der Waals surface area contributed by atoms with Crippen LogP contribution >= 0.6 is 24.8 Å². The number of fused-ring (bicyclic) bond motifs is 1. The van der Waals surface area contributed by atoms with E-state index < -0.39 is 0 Å². The number of piperazine rings is 1. The number of nitrogens with zero attached hydrogens (tertiary/aromatic N) is 3. The number of benzene rings is 1. The summed E-state index contributed by atoms with van der Waals surface area (Å²) in [6, 6.07) is 6.76. The second-order valence-electron chi connectivity index (χ2n) is 7.79. The van der Waals surface area contributed by atoms with E-state index in [1.54, 1.807) is 12.1 Å². The number of carbonyl (C=O) groups excluding carboxylic acids is 1. The van der Waals surface area contributed by atoms with Crippen molar-refractivity contribution in [2.45, 2.75) is 25.7 Å². The normalized spacial score (nSPS) is 26.6. The van der Waals surface area contributed by atoms with Crippen molar-refractivity contribution >= 4 is 42.1 Å². The SMILES string of the molecule is Cl.Cl.O=C(N1CCN(c2cccc([N+](=O)[O-])c2)CC1)[C@@]12CCCC[C@H]1CNC2. The highest BCUT2D eigenvalue weighted by molar-refractivity contribution is 5.86. The molecule has 1 amide bonds. The van der Waals surface area contributed by atoms with Crippen LogP contribution in [0.4, 0.5) is 11.4 Å². The Kier molecular flexibility index (Phi) is 7.53. The molecule has 2 heterocycles. The first kappa shape index (κ1) is 22.7. The Labute approximate surface area is 177 Å². The van der Waals surface area contributed by atoms with Gasteiger partial charge in [0.15, 0.2) is 0 Å². The fourth-order valence-corrected chi connectivity index (χ4v) is 4.95. The highest BCUT2D eigenvalue weighted by atomic mass is 35.5. The minimum atomic E-state index is -0.362. The molecule has 0 radical (unpaired) electrons. The van der Waals surface area contributed by atoms with Gasteiger partial charge in [-0.15, -0.1) is 24.8 Å². The van der Waals surface area contributed by atoms with Crippen molar-refractivity contribution in [3.63, 3.8) is 0 Å². The second-order valence-corrected chi connectivity index (χ2v) is 7.79. The van der Waals surface area contributed by atoms with Crippen LogP contribution < -0.4 is 10.2 Å². The highest BCUT2D eigenvalue weighted by Gasteiger charge is 2.51. The minimum absolute atomic E-state index is 0. The van der Waals surface area contributed by atoms with Crippen LogP contribution in [0.25, 0.3) is 0 Å². The van der Waals surface area contributed by atoms with Gasteiger partial charge in [0.05, 0.1) is 10.3 Å². The summed E-state index contributed by atoms with van der Waals surface area (Å²) >= 11 is 0. The van der Waals surface area contributed by atoms with E-state index in [-0.39, 0.29) is 40.8 Å². The fraction of sp³-hybridized carbons (Fsp3) is 0.632. The maximum absolute atomic E-state index is 13.3. The van der Waals surface area contributed by atoms with Gasteiger partial charge in [-0.1, -0.05) is 18.9 Å². The van der Waals surface area contributed by atoms with Gasteiger partial charge in [-0.05, 0) is 31.4 Å². The number of rotatable bonds is 3. The van der Waals surface area contributed by atoms with Crippen molar-refractivity contribution in [1.82, 2.24) is 10.2 Å². The van der Waals surface area contributed by atoms with E-state index in [0.29, 0.717) is 24.9 Å². The summed E-state index contributed by atoms with van der Waals surface area (Å²) in [4.78, 5) is 28.1. The quantitative estimate of drug-likeness (QED) is 0.588. The van der Waals surface area contributed by atoms with Gasteiger partial charge in [-0.25, -0.2) is 0 Å². The summed E-state index contributed by atoms with van der Waals surface area (Å²) in [5.74, 6) is 0.810. The summed E-state index contributed by atoms with van der Waals surface area (Å²) in [6.07, 6.45) is 4.56. The maximum atomic E-state index is 13.3. The molecule has 3 fully saturated rings. The molecule has 0 unspecified atom stereocenters. The van der Waals surface area contributed by atoms with Crippen molar-refractivity contribution < 1.29 is 9.72 Å². The average molecular weight is 431 g/mol.